The van der Waals surface area contributed by atoms with Crippen LogP contribution in [0.15, 0.2) is 28.7 Å². The first kappa shape index (κ1) is 18.8. The Hall–Kier alpha value is -0.580. The summed E-state index contributed by atoms with van der Waals surface area (Å²) in [6, 6.07) is 9.39. The summed E-state index contributed by atoms with van der Waals surface area (Å²) in [6.07, 6.45) is 5.33. The van der Waals surface area contributed by atoms with Crippen molar-refractivity contribution in [2.75, 3.05) is 13.1 Å². The molecule has 0 radical (unpaired) electrons. The van der Waals surface area contributed by atoms with Crippen LogP contribution in [0.5, 0.6) is 0 Å². The summed E-state index contributed by atoms with van der Waals surface area (Å²) in [5.41, 5.74) is 1.23. The number of rotatable bonds is 4. The largest absolute Gasteiger partial charge is 0.341 e. The van der Waals surface area contributed by atoms with Crippen LogP contribution in [-0.4, -0.2) is 36.0 Å². The predicted molar refractivity (Wildman–Crippen MR) is 100 cm³/mol. The third kappa shape index (κ3) is 4.49. The Labute approximate surface area is 153 Å². The number of nitrogens with one attached hydrogen (secondary N) is 1. The maximum absolute atomic E-state index is 13.0. The third-order valence-electron chi connectivity index (χ3n) is 5.10. The second kappa shape index (κ2) is 8.50. The molecule has 2 bridgehead atoms. The van der Waals surface area contributed by atoms with Crippen LogP contribution in [-0.2, 0) is 11.2 Å². The lowest BCUT2D eigenvalue weighted by Gasteiger charge is -2.28. The van der Waals surface area contributed by atoms with Gasteiger partial charge in [-0.15, -0.1) is 12.4 Å². The number of nitrogens with zero attached hydrogens (tertiary/aromatic N) is 1. The highest BCUT2D eigenvalue weighted by Gasteiger charge is 2.33. The Kier molecular flexibility index (Phi) is 6.93. The molecule has 2 saturated heterocycles. The normalized spacial score (nSPS) is 24.7. The van der Waals surface area contributed by atoms with Gasteiger partial charge in [-0.1, -0.05) is 41.1 Å². The van der Waals surface area contributed by atoms with Gasteiger partial charge in [0.05, 0.1) is 0 Å². The van der Waals surface area contributed by atoms with Crippen molar-refractivity contribution in [2.45, 2.75) is 51.1 Å². The zero-order valence-corrected chi connectivity index (χ0v) is 16.0. The van der Waals surface area contributed by atoms with Crippen molar-refractivity contribution in [1.29, 1.82) is 0 Å². The number of fused-ring (bicyclic) bond motifs is 2. The molecule has 3 unspecified atom stereocenters. The Morgan fingerprint density at radius 2 is 2.04 bits per heavy atom. The number of benzene rings is 1. The lowest BCUT2D eigenvalue weighted by Crippen LogP contribution is -2.42. The van der Waals surface area contributed by atoms with Crippen molar-refractivity contribution < 1.29 is 4.79 Å². The highest BCUT2D eigenvalue weighted by molar-refractivity contribution is 9.10. The van der Waals surface area contributed by atoms with Crippen LogP contribution in [0.4, 0.5) is 0 Å². The number of amides is 1. The number of hydrogen-bond acceptors (Lipinski definition) is 2. The number of carbonyl (C=O) groups is 1. The number of hydrogen-bond donors (Lipinski definition) is 1. The zero-order valence-electron chi connectivity index (χ0n) is 13.6. The molecule has 2 aliphatic rings. The van der Waals surface area contributed by atoms with Crippen LogP contribution < -0.4 is 5.32 Å². The topological polar surface area (TPSA) is 32.3 Å². The molecule has 0 spiro atoms. The van der Waals surface area contributed by atoms with E-state index >= 15 is 0 Å². The molecule has 3 atom stereocenters. The average Bonchev–Trinajstić information content (AvgIpc) is 2.85. The van der Waals surface area contributed by atoms with Crippen molar-refractivity contribution in [3.05, 3.63) is 34.3 Å². The van der Waals surface area contributed by atoms with E-state index in [0.29, 0.717) is 18.0 Å². The quantitative estimate of drug-likeness (QED) is 0.832. The van der Waals surface area contributed by atoms with Gasteiger partial charge in [0, 0.05) is 35.6 Å². The number of carbonyl (C=O) groups excluding carboxylic acids is 1. The monoisotopic (exact) mass is 400 g/mol. The average molecular weight is 402 g/mol. The molecule has 0 aliphatic carbocycles. The minimum absolute atomic E-state index is 0. The van der Waals surface area contributed by atoms with E-state index in [9.17, 15) is 4.79 Å². The van der Waals surface area contributed by atoms with Gasteiger partial charge in [-0.25, -0.2) is 0 Å². The van der Waals surface area contributed by atoms with Crippen LogP contribution in [0.25, 0.3) is 0 Å². The summed E-state index contributed by atoms with van der Waals surface area (Å²) in [5.74, 6) is 0.433. The fraction of sp³-hybridized carbons (Fsp3) is 0.611. The van der Waals surface area contributed by atoms with Gasteiger partial charge >= 0.3 is 0 Å². The van der Waals surface area contributed by atoms with Crippen LogP contribution in [0, 0.1) is 5.92 Å². The van der Waals surface area contributed by atoms with E-state index in [1.807, 2.05) is 12.1 Å². The van der Waals surface area contributed by atoms with Gasteiger partial charge in [0.2, 0.25) is 5.91 Å². The van der Waals surface area contributed by atoms with Crippen molar-refractivity contribution in [3.63, 3.8) is 0 Å². The minimum atomic E-state index is 0. The first-order chi connectivity index (χ1) is 10.7. The molecule has 5 heteroatoms. The Morgan fingerprint density at radius 3 is 2.78 bits per heavy atom. The molecule has 128 valence electrons. The molecule has 1 aromatic carbocycles. The first-order valence-corrected chi connectivity index (χ1v) is 9.25. The van der Waals surface area contributed by atoms with Crippen LogP contribution in [0.2, 0.25) is 0 Å². The lowest BCUT2D eigenvalue weighted by molar-refractivity contribution is -0.135. The summed E-state index contributed by atoms with van der Waals surface area (Å²) in [5, 5.41) is 3.65. The molecule has 0 saturated carbocycles. The van der Waals surface area contributed by atoms with Crippen molar-refractivity contribution >= 4 is 34.2 Å². The molecule has 1 N–H and O–H groups in total. The SMILES string of the molecule is CCC(Cc1ccccc1Br)C(=O)N1CCC2CCC(C1)N2.Cl. The maximum atomic E-state index is 13.0. The smallest absolute Gasteiger partial charge is 0.226 e. The molecule has 23 heavy (non-hydrogen) atoms. The fourth-order valence-corrected chi connectivity index (χ4v) is 4.18. The standard InChI is InChI=1S/C18H25BrN2O.ClH/c1-2-13(11-14-5-3-4-6-17(14)19)18(22)21-10-9-15-7-8-16(12-21)20-15;/h3-6,13,15-16,20H,2,7-12H2,1H3;1H. The molecule has 2 fully saturated rings. The van der Waals surface area contributed by atoms with E-state index in [1.165, 1.54) is 18.4 Å². The Balaban J connectivity index is 0.00000192. The Bertz CT molecular complexity index is 540. The molecule has 2 heterocycles. The van der Waals surface area contributed by atoms with Gasteiger partial charge in [0.25, 0.3) is 0 Å². The predicted octanol–water partition coefficient (Wildman–Crippen LogP) is 3.79. The third-order valence-corrected chi connectivity index (χ3v) is 5.87. The molecular weight excluding hydrogens is 376 g/mol. The molecule has 3 rings (SSSR count). The van der Waals surface area contributed by atoms with E-state index in [0.717, 1.165) is 36.8 Å². The summed E-state index contributed by atoms with van der Waals surface area (Å²) < 4.78 is 1.11. The van der Waals surface area contributed by atoms with E-state index in [-0.39, 0.29) is 18.3 Å². The maximum Gasteiger partial charge on any atom is 0.226 e. The molecule has 1 amide bonds. The first-order valence-electron chi connectivity index (χ1n) is 8.45. The molecule has 0 aromatic heterocycles. The van der Waals surface area contributed by atoms with Gasteiger partial charge in [-0.2, -0.15) is 0 Å². The second-order valence-corrected chi connectivity index (χ2v) is 7.47. The van der Waals surface area contributed by atoms with Crippen LogP contribution in [0.1, 0.15) is 38.2 Å². The van der Waals surface area contributed by atoms with Gasteiger partial charge < -0.3 is 10.2 Å². The van der Waals surface area contributed by atoms with Gasteiger partial charge in [-0.05, 0) is 43.7 Å². The highest BCUT2D eigenvalue weighted by atomic mass is 79.9. The van der Waals surface area contributed by atoms with Crippen molar-refractivity contribution in [1.82, 2.24) is 10.2 Å². The van der Waals surface area contributed by atoms with Gasteiger partial charge in [0.15, 0.2) is 0 Å². The van der Waals surface area contributed by atoms with Crippen LogP contribution in [0.3, 0.4) is 0 Å². The molecule has 2 aliphatic heterocycles. The van der Waals surface area contributed by atoms with Crippen molar-refractivity contribution in [2.24, 2.45) is 5.92 Å². The fourth-order valence-electron chi connectivity index (χ4n) is 3.74. The second-order valence-electron chi connectivity index (χ2n) is 6.61. The van der Waals surface area contributed by atoms with E-state index in [1.54, 1.807) is 0 Å². The van der Waals surface area contributed by atoms with Gasteiger partial charge in [-0.3, -0.25) is 4.79 Å². The summed E-state index contributed by atoms with van der Waals surface area (Å²) in [4.78, 5) is 15.1. The lowest BCUT2D eigenvalue weighted by atomic mass is 9.95. The molecule has 1 aromatic rings. The van der Waals surface area contributed by atoms with Gasteiger partial charge in [0.1, 0.15) is 0 Å². The zero-order chi connectivity index (χ0) is 15.5. The van der Waals surface area contributed by atoms with E-state index < -0.39 is 0 Å². The van der Waals surface area contributed by atoms with Crippen LogP contribution >= 0.6 is 28.3 Å². The summed E-state index contributed by atoms with van der Waals surface area (Å²) in [6.45, 7) is 3.93. The minimum Gasteiger partial charge on any atom is -0.341 e. The summed E-state index contributed by atoms with van der Waals surface area (Å²) in [7, 11) is 0. The highest BCUT2D eigenvalue weighted by Crippen LogP contribution is 2.25. The number of likely N-dealkylation sites (tertiary alicyclic amines) is 1. The van der Waals surface area contributed by atoms with E-state index in [2.05, 4.69) is 45.2 Å². The summed E-state index contributed by atoms with van der Waals surface area (Å²) >= 11 is 3.60. The van der Waals surface area contributed by atoms with Crippen molar-refractivity contribution in [3.8, 4) is 0 Å². The molecule has 3 nitrogen and oxygen atoms in total. The van der Waals surface area contributed by atoms with E-state index in [4.69, 9.17) is 0 Å². The Morgan fingerprint density at radius 1 is 1.30 bits per heavy atom. The number of halogens is 2. The molecular formula is C18H26BrClN2O.